The Balaban J connectivity index is 2.32. The minimum atomic E-state index is -0.426. The molecule has 0 bridgehead atoms. The van der Waals surface area contributed by atoms with Crippen LogP contribution in [0.4, 0.5) is 0 Å². The molecule has 1 heteroatoms. The number of hydrogen-bond acceptors (Lipinski definition) is 1. The Morgan fingerprint density at radius 2 is 2.00 bits per heavy atom. The zero-order valence-electron chi connectivity index (χ0n) is 7.93. The summed E-state index contributed by atoms with van der Waals surface area (Å²) in [5.41, 5.74) is -0.426. The van der Waals surface area contributed by atoms with E-state index in [-0.39, 0.29) is 0 Å². The van der Waals surface area contributed by atoms with Gasteiger partial charge in [0.15, 0.2) is 0 Å². The molecule has 1 aliphatic carbocycles. The molecule has 1 N–H and O–H groups in total. The molecule has 1 unspecified atom stereocenters. The van der Waals surface area contributed by atoms with Crippen LogP contribution >= 0.6 is 0 Å². The minimum Gasteiger partial charge on any atom is -0.390 e. The molecule has 1 aliphatic rings. The van der Waals surface area contributed by atoms with Gasteiger partial charge in [-0.05, 0) is 25.2 Å². The zero-order valence-corrected chi connectivity index (χ0v) is 7.93. The fraction of sp³-hybridized carbons (Fsp3) is 1.00. The van der Waals surface area contributed by atoms with Crippen molar-refractivity contribution in [1.82, 2.24) is 0 Å². The van der Waals surface area contributed by atoms with Gasteiger partial charge in [0.1, 0.15) is 0 Å². The van der Waals surface area contributed by atoms with Gasteiger partial charge in [-0.1, -0.05) is 33.1 Å². The summed E-state index contributed by atoms with van der Waals surface area (Å²) >= 11 is 0. The van der Waals surface area contributed by atoms with Gasteiger partial charge < -0.3 is 5.11 Å². The summed E-state index contributed by atoms with van der Waals surface area (Å²) < 4.78 is 0. The van der Waals surface area contributed by atoms with Crippen molar-refractivity contribution in [3.8, 4) is 0 Å². The summed E-state index contributed by atoms with van der Waals surface area (Å²) in [6, 6.07) is 0. The van der Waals surface area contributed by atoms with Crippen LogP contribution in [-0.4, -0.2) is 10.7 Å². The maximum absolute atomic E-state index is 9.93. The third-order valence-electron chi connectivity index (χ3n) is 3.17. The fourth-order valence-corrected chi connectivity index (χ4v) is 1.52. The number of rotatable bonds is 3. The summed E-state index contributed by atoms with van der Waals surface area (Å²) in [5.74, 6) is 1.20. The summed E-state index contributed by atoms with van der Waals surface area (Å²) in [4.78, 5) is 0. The van der Waals surface area contributed by atoms with Crippen LogP contribution in [0, 0.1) is 11.8 Å². The molecule has 1 rings (SSSR count). The van der Waals surface area contributed by atoms with Crippen LogP contribution in [0.25, 0.3) is 0 Å². The topological polar surface area (TPSA) is 20.2 Å². The van der Waals surface area contributed by atoms with Crippen LogP contribution in [0.1, 0.15) is 46.5 Å². The van der Waals surface area contributed by atoms with E-state index in [4.69, 9.17) is 0 Å². The van der Waals surface area contributed by atoms with Crippen molar-refractivity contribution < 1.29 is 5.11 Å². The van der Waals surface area contributed by atoms with Crippen molar-refractivity contribution in [1.29, 1.82) is 0 Å². The maximum Gasteiger partial charge on any atom is 0.0645 e. The monoisotopic (exact) mass is 156 g/mol. The molecule has 0 aliphatic heterocycles. The number of aliphatic hydroxyl groups is 1. The second kappa shape index (κ2) is 3.14. The van der Waals surface area contributed by atoms with E-state index in [1.807, 2.05) is 6.92 Å². The number of hydrogen-bond donors (Lipinski definition) is 1. The Hall–Kier alpha value is -0.0400. The van der Waals surface area contributed by atoms with Crippen molar-refractivity contribution in [3.63, 3.8) is 0 Å². The highest BCUT2D eigenvalue weighted by molar-refractivity contribution is 4.83. The van der Waals surface area contributed by atoms with E-state index < -0.39 is 5.60 Å². The molecule has 1 atom stereocenters. The highest BCUT2D eigenvalue weighted by Crippen LogP contribution is 2.36. The molecule has 0 aromatic carbocycles. The Labute approximate surface area is 69.8 Å². The average Bonchev–Trinajstić information content (AvgIpc) is 1.79. The van der Waals surface area contributed by atoms with Crippen molar-refractivity contribution in [2.75, 3.05) is 0 Å². The highest BCUT2D eigenvalue weighted by Gasteiger charge is 2.31. The van der Waals surface area contributed by atoms with Crippen LogP contribution in [-0.2, 0) is 0 Å². The Morgan fingerprint density at radius 3 is 2.27 bits per heavy atom. The summed E-state index contributed by atoms with van der Waals surface area (Å²) in [5, 5.41) is 9.93. The summed E-state index contributed by atoms with van der Waals surface area (Å²) in [6.07, 6.45) is 5.05. The lowest BCUT2D eigenvalue weighted by Crippen LogP contribution is -2.35. The van der Waals surface area contributed by atoms with E-state index in [1.165, 1.54) is 19.3 Å². The van der Waals surface area contributed by atoms with Crippen LogP contribution in [0.2, 0.25) is 0 Å². The molecule has 0 heterocycles. The van der Waals surface area contributed by atoms with Gasteiger partial charge >= 0.3 is 0 Å². The lowest BCUT2D eigenvalue weighted by molar-refractivity contribution is -0.0197. The SMILES string of the molecule is CC(C)C(C)(O)CC1CCC1. The fourth-order valence-electron chi connectivity index (χ4n) is 1.52. The van der Waals surface area contributed by atoms with E-state index >= 15 is 0 Å². The first-order valence-corrected chi connectivity index (χ1v) is 4.75. The Bertz CT molecular complexity index is 123. The van der Waals surface area contributed by atoms with Gasteiger partial charge in [0.05, 0.1) is 5.60 Å². The molecule has 1 fully saturated rings. The Kier molecular flexibility index (Phi) is 2.58. The first-order chi connectivity index (χ1) is 5.02. The molecule has 66 valence electrons. The molecule has 1 nitrogen and oxygen atoms in total. The third-order valence-corrected chi connectivity index (χ3v) is 3.17. The van der Waals surface area contributed by atoms with Crippen molar-refractivity contribution in [2.45, 2.75) is 52.1 Å². The average molecular weight is 156 g/mol. The van der Waals surface area contributed by atoms with Gasteiger partial charge in [0.2, 0.25) is 0 Å². The van der Waals surface area contributed by atoms with Gasteiger partial charge in [0, 0.05) is 0 Å². The van der Waals surface area contributed by atoms with Crippen LogP contribution < -0.4 is 0 Å². The molecule has 1 saturated carbocycles. The standard InChI is InChI=1S/C10H20O/c1-8(2)10(3,11)7-9-5-4-6-9/h8-9,11H,4-7H2,1-3H3. The van der Waals surface area contributed by atoms with Gasteiger partial charge in [-0.25, -0.2) is 0 Å². The van der Waals surface area contributed by atoms with E-state index in [0.717, 1.165) is 12.3 Å². The smallest absolute Gasteiger partial charge is 0.0645 e. The zero-order chi connectivity index (χ0) is 8.48. The summed E-state index contributed by atoms with van der Waals surface area (Å²) in [6.45, 7) is 6.16. The van der Waals surface area contributed by atoms with Gasteiger partial charge in [-0.3, -0.25) is 0 Å². The van der Waals surface area contributed by atoms with Gasteiger partial charge in [-0.15, -0.1) is 0 Å². The van der Waals surface area contributed by atoms with E-state index in [2.05, 4.69) is 13.8 Å². The lowest BCUT2D eigenvalue weighted by Gasteiger charge is -2.35. The van der Waals surface area contributed by atoms with E-state index in [1.54, 1.807) is 0 Å². The van der Waals surface area contributed by atoms with E-state index in [9.17, 15) is 5.11 Å². The highest BCUT2D eigenvalue weighted by atomic mass is 16.3. The first kappa shape index (κ1) is 9.05. The Morgan fingerprint density at radius 1 is 1.45 bits per heavy atom. The van der Waals surface area contributed by atoms with Crippen LogP contribution in [0.5, 0.6) is 0 Å². The molecular formula is C10H20O. The second-order valence-electron chi connectivity index (χ2n) is 4.51. The molecule has 0 amide bonds. The molecule has 0 aromatic heterocycles. The van der Waals surface area contributed by atoms with Gasteiger partial charge in [-0.2, -0.15) is 0 Å². The molecule has 11 heavy (non-hydrogen) atoms. The maximum atomic E-state index is 9.93. The second-order valence-corrected chi connectivity index (χ2v) is 4.51. The predicted octanol–water partition coefficient (Wildman–Crippen LogP) is 2.58. The molecule has 0 spiro atoms. The normalized spacial score (nSPS) is 24.8. The van der Waals surface area contributed by atoms with Crippen LogP contribution in [0.3, 0.4) is 0 Å². The quantitative estimate of drug-likeness (QED) is 0.666. The van der Waals surface area contributed by atoms with Crippen LogP contribution in [0.15, 0.2) is 0 Å². The lowest BCUT2D eigenvalue weighted by atomic mass is 9.74. The van der Waals surface area contributed by atoms with Gasteiger partial charge in [0.25, 0.3) is 0 Å². The summed E-state index contributed by atoms with van der Waals surface area (Å²) in [7, 11) is 0. The van der Waals surface area contributed by atoms with Crippen molar-refractivity contribution in [2.24, 2.45) is 11.8 Å². The largest absolute Gasteiger partial charge is 0.390 e. The third kappa shape index (κ3) is 2.19. The predicted molar refractivity (Wildman–Crippen MR) is 47.4 cm³/mol. The first-order valence-electron chi connectivity index (χ1n) is 4.75. The molecule has 0 radical (unpaired) electrons. The molecule has 0 saturated heterocycles. The molecule has 0 aromatic rings. The molecular weight excluding hydrogens is 136 g/mol. The van der Waals surface area contributed by atoms with Crippen molar-refractivity contribution in [3.05, 3.63) is 0 Å². The minimum absolute atomic E-state index is 0.392. The van der Waals surface area contributed by atoms with E-state index in [0.29, 0.717) is 5.92 Å². The van der Waals surface area contributed by atoms with Crippen molar-refractivity contribution >= 4 is 0 Å².